The number of ether oxygens (including phenoxy) is 2. The molecule has 0 aromatic heterocycles. The maximum Gasteiger partial charge on any atom is 0.207 e. The minimum Gasteiger partial charge on any atom is -0.505 e. The Morgan fingerprint density at radius 2 is 2.33 bits per heavy atom. The van der Waals surface area contributed by atoms with Crippen LogP contribution in [0.1, 0.15) is 19.8 Å². The van der Waals surface area contributed by atoms with Crippen LogP contribution >= 0.6 is 0 Å². The maximum absolute atomic E-state index is 13.0. The van der Waals surface area contributed by atoms with Gasteiger partial charge in [-0.05, 0) is 18.6 Å². The van der Waals surface area contributed by atoms with Crippen LogP contribution in [0.15, 0.2) is 18.2 Å². The Balaban J connectivity index is 2.13. The predicted octanol–water partition coefficient (Wildman–Crippen LogP) is 2.44. The summed E-state index contributed by atoms with van der Waals surface area (Å²) in [5.74, 6) is -1.35. The molecular weight excluding hydrogens is 199 g/mol. The van der Waals surface area contributed by atoms with E-state index in [2.05, 4.69) is 0 Å². The number of phenolic OH excluding ortho intramolecular Hbond substituents is 1. The molecule has 1 aliphatic rings. The van der Waals surface area contributed by atoms with E-state index in [-0.39, 0.29) is 5.75 Å². The van der Waals surface area contributed by atoms with Crippen molar-refractivity contribution < 1.29 is 19.0 Å². The van der Waals surface area contributed by atoms with Gasteiger partial charge in [0.1, 0.15) is 5.75 Å². The van der Waals surface area contributed by atoms with Crippen LogP contribution in [0.4, 0.5) is 4.39 Å². The quantitative estimate of drug-likeness (QED) is 0.818. The normalized spacial score (nSPS) is 25.5. The summed E-state index contributed by atoms with van der Waals surface area (Å²) in [4.78, 5) is 0. The van der Waals surface area contributed by atoms with Crippen LogP contribution < -0.4 is 4.74 Å². The Bertz CT molecular complexity index is 359. The van der Waals surface area contributed by atoms with Crippen molar-refractivity contribution >= 4 is 0 Å². The fourth-order valence-electron chi connectivity index (χ4n) is 1.63. The van der Waals surface area contributed by atoms with Gasteiger partial charge in [0.25, 0.3) is 0 Å². The third-order valence-electron chi connectivity index (χ3n) is 2.44. The van der Waals surface area contributed by atoms with Gasteiger partial charge in [0, 0.05) is 19.4 Å². The van der Waals surface area contributed by atoms with E-state index in [0.717, 1.165) is 18.9 Å². The topological polar surface area (TPSA) is 38.7 Å². The summed E-state index contributed by atoms with van der Waals surface area (Å²) in [6, 6.07) is 3.94. The van der Waals surface area contributed by atoms with Gasteiger partial charge in [-0.15, -0.1) is 0 Å². The van der Waals surface area contributed by atoms with Crippen molar-refractivity contribution in [1.82, 2.24) is 0 Å². The van der Waals surface area contributed by atoms with Gasteiger partial charge < -0.3 is 14.6 Å². The zero-order valence-electron chi connectivity index (χ0n) is 8.50. The molecule has 1 heterocycles. The monoisotopic (exact) mass is 212 g/mol. The van der Waals surface area contributed by atoms with Gasteiger partial charge in [0.2, 0.25) is 5.79 Å². The van der Waals surface area contributed by atoms with Crippen LogP contribution in [-0.2, 0) is 4.74 Å². The molecule has 1 aromatic rings. The van der Waals surface area contributed by atoms with Crippen molar-refractivity contribution in [1.29, 1.82) is 0 Å². The molecule has 4 heteroatoms. The van der Waals surface area contributed by atoms with E-state index in [1.165, 1.54) is 12.1 Å². The van der Waals surface area contributed by atoms with E-state index in [1.807, 2.05) is 6.92 Å². The summed E-state index contributed by atoms with van der Waals surface area (Å²) < 4.78 is 23.9. The summed E-state index contributed by atoms with van der Waals surface area (Å²) in [6.45, 7) is 2.49. The first-order valence-corrected chi connectivity index (χ1v) is 4.91. The van der Waals surface area contributed by atoms with Gasteiger partial charge in [-0.3, -0.25) is 0 Å². The summed E-state index contributed by atoms with van der Waals surface area (Å²) in [5, 5.41) is 9.01. The van der Waals surface area contributed by atoms with Crippen LogP contribution in [0.25, 0.3) is 0 Å². The molecule has 0 bridgehead atoms. The first-order valence-electron chi connectivity index (χ1n) is 4.91. The largest absolute Gasteiger partial charge is 0.505 e. The average Bonchev–Trinajstić information content (AvgIpc) is 2.59. The molecule has 1 atom stereocenters. The Labute approximate surface area is 87.4 Å². The standard InChI is InChI=1S/C11H13FO3/c1-11(5-2-6-14-11)15-8-3-4-10(13)9(12)7-8/h3-4,7,13H,2,5-6H2,1H3. The number of hydrogen-bond donors (Lipinski definition) is 1. The summed E-state index contributed by atoms with van der Waals surface area (Å²) >= 11 is 0. The molecule has 1 fully saturated rings. The number of benzene rings is 1. The molecular formula is C11H13FO3. The molecule has 2 rings (SSSR count). The number of phenols is 1. The van der Waals surface area contributed by atoms with Crippen molar-refractivity contribution in [2.24, 2.45) is 0 Å². The third-order valence-corrected chi connectivity index (χ3v) is 2.44. The van der Waals surface area contributed by atoms with Crippen LogP contribution in [0.5, 0.6) is 11.5 Å². The number of hydrogen-bond acceptors (Lipinski definition) is 3. The smallest absolute Gasteiger partial charge is 0.207 e. The minimum atomic E-state index is -0.686. The van der Waals surface area contributed by atoms with Crippen molar-refractivity contribution in [3.8, 4) is 11.5 Å². The van der Waals surface area contributed by atoms with E-state index in [0.29, 0.717) is 12.4 Å². The highest BCUT2D eigenvalue weighted by Crippen LogP contribution is 2.30. The van der Waals surface area contributed by atoms with E-state index < -0.39 is 11.6 Å². The molecule has 3 nitrogen and oxygen atoms in total. The first kappa shape index (κ1) is 10.2. The lowest BCUT2D eigenvalue weighted by Gasteiger charge is -2.24. The van der Waals surface area contributed by atoms with Crippen molar-refractivity contribution in [3.63, 3.8) is 0 Å². The second-order valence-corrected chi connectivity index (χ2v) is 3.80. The molecule has 0 spiro atoms. The Kier molecular flexibility index (Phi) is 2.52. The molecule has 1 aliphatic heterocycles. The highest BCUT2D eigenvalue weighted by atomic mass is 19.1. The zero-order chi connectivity index (χ0) is 10.9. The van der Waals surface area contributed by atoms with Crippen molar-refractivity contribution in [3.05, 3.63) is 24.0 Å². The fraction of sp³-hybridized carbons (Fsp3) is 0.455. The fourth-order valence-corrected chi connectivity index (χ4v) is 1.63. The lowest BCUT2D eigenvalue weighted by molar-refractivity contribution is -0.134. The van der Waals surface area contributed by atoms with Crippen LogP contribution in [0.3, 0.4) is 0 Å². The Hall–Kier alpha value is -1.29. The second kappa shape index (κ2) is 3.70. The van der Waals surface area contributed by atoms with E-state index in [4.69, 9.17) is 14.6 Å². The van der Waals surface area contributed by atoms with Crippen LogP contribution in [0.2, 0.25) is 0 Å². The number of rotatable bonds is 2. The van der Waals surface area contributed by atoms with Gasteiger partial charge in [0.05, 0.1) is 6.61 Å². The van der Waals surface area contributed by atoms with E-state index in [9.17, 15) is 4.39 Å². The van der Waals surface area contributed by atoms with E-state index >= 15 is 0 Å². The van der Waals surface area contributed by atoms with Gasteiger partial charge in [0.15, 0.2) is 11.6 Å². The molecule has 1 N–H and O–H groups in total. The van der Waals surface area contributed by atoms with Gasteiger partial charge in [-0.25, -0.2) is 4.39 Å². The van der Waals surface area contributed by atoms with Crippen molar-refractivity contribution in [2.75, 3.05) is 6.61 Å². The minimum absolute atomic E-state index is 0.370. The molecule has 1 aromatic carbocycles. The Morgan fingerprint density at radius 1 is 1.53 bits per heavy atom. The second-order valence-electron chi connectivity index (χ2n) is 3.80. The maximum atomic E-state index is 13.0. The highest BCUT2D eigenvalue weighted by Gasteiger charge is 2.32. The van der Waals surface area contributed by atoms with Crippen LogP contribution in [0, 0.1) is 5.82 Å². The molecule has 0 aliphatic carbocycles. The molecule has 1 unspecified atom stereocenters. The van der Waals surface area contributed by atoms with Crippen LogP contribution in [-0.4, -0.2) is 17.5 Å². The van der Waals surface area contributed by atoms with Crippen molar-refractivity contribution in [2.45, 2.75) is 25.6 Å². The summed E-state index contributed by atoms with van der Waals surface area (Å²) in [6.07, 6.45) is 1.73. The molecule has 82 valence electrons. The lowest BCUT2D eigenvalue weighted by atomic mass is 10.2. The Morgan fingerprint density at radius 3 is 2.93 bits per heavy atom. The molecule has 0 amide bonds. The molecule has 0 radical (unpaired) electrons. The third kappa shape index (κ3) is 2.21. The highest BCUT2D eigenvalue weighted by molar-refractivity contribution is 5.32. The summed E-state index contributed by atoms with van der Waals surface area (Å²) in [7, 11) is 0. The molecule has 15 heavy (non-hydrogen) atoms. The average molecular weight is 212 g/mol. The molecule has 1 saturated heterocycles. The number of halogens is 1. The SMILES string of the molecule is CC1(Oc2ccc(O)c(F)c2)CCCO1. The van der Waals surface area contributed by atoms with Gasteiger partial charge in [-0.2, -0.15) is 0 Å². The first-order chi connectivity index (χ1) is 7.09. The zero-order valence-corrected chi connectivity index (χ0v) is 8.50. The lowest BCUT2D eigenvalue weighted by Crippen LogP contribution is -2.30. The van der Waals surface area contributed by atoms with Gasteiger partial charge in [-0.1, -0.05) is 0 Å². The van der Waals surface area contributed by atoms with E-state index in [1.54, 1.807) is 0 Å². The number of aromatic hydroxyl groups is 1. The predicted molar refractivity (Wildman–Crippen MR) is 52.3 cm³/mol. The molecule has 0 saturated carbocycles. The summed E-state index contributed by atoms with van der Waals surface area (Å²) in [5.41, 5.74) is 0. The van der Waals surface area contributed by atoms with Gasteiger partial charge >= 0.3 is 0 Å².